The number of carbonyl (C=O) groups excluding carboxylic acids is 2. The third kappa shape index (κ3) is 8.63. The summed E-state index contributed by atoms with van der Waals surface area (Å²) in [7, 11) is 0. The molecule has 2 aromatic carbocycles. The molecule has 9 nitrogen and oxygen atoms in total. The molecule has 3 atom stereocenters. The van der Waals surface area contributed by atoms with Gasteiger partial charge >= 0.3 is 12.2 Å². The van der Waals surface area contributed by atoms with Crippen LogP contribution in [0.3, 0.4) is 0 Å². The molecule has 1 aliphatic heterocycles. The van der Waals surface area contributed by atoms with Gasteiger partial charge in [-0.3, -0.25) is 4.99 Å². The highest BCUT2D eigenvalue weighted by atomic mass is 16.6. The second-order valence-corrected chi connectivity index (χ2v) is 13.3. The van der Waals surface area contributed by atoms with Gasteiger partial charge in [0, 0.05) is 18.0 Å². The van der Waals surface area contributed by atoms with Crippen LogP contribution in [0, 0.1) is 5.92 Å². The molecular formula is C33H46N4O5. The zero-order valence-electron chi connectivity index (χ0n) is 26.0. The van der Waals surface area contributed by atoms with Crippen LogP contribution in [-0.4, -0.2) is 41.9 Å². The summed E-state index contributed by atoms with van der Waals surface area (Å²) in [5.74, 6) is 1.47. The number of alkyl carbamates (subject to hydrolysis) is 2. The number of benzene rings is 2. The summed E-state index contributed by atoms with van der Waals surface area (Å²) >= 11 is 0. The summed E-state index contributed by atoms with van der Waals surface area (Å²) in [6.45, 7) is 14.1. The molecule has 0 fully saturated rings. The number of nitrogens with one attached hydrogen (secondary N) is 2. The van der Waals surface area contributed by atoms with Crippen molar-refractivity contribution in [2.75, 3.05) is 6.54 Å². The maximum atomic E-state index is 12.2. The molecule has 2 aliphatic rings. The first kappa shape index (κ1) is 31.2. The molecule has 42 heavy (non-hydrogen) atoms. The van der Waals surface area contributed by atoms with E-state index in [2.05, 4.69) is 40.7 Å². The van der Waals surface area contributed by atoms with E-state index in [0.29, 0.717) is 18.9 Å². The Bertz CT molecular complexity index is 1320. The third-order valence-electron chi connectivity index (χ3n) is 7.34. The number of ether oxygens (including phenoxy) is 3. The van der Waals surface area contributed by atoms with Crippen LogP contribution in [-0.2, 0) is 28.9 Å². The number of rotatable bonds is 7. The summed E-state index contributed by atoms with van der Waals surface area (Å²) in [6.07, 6.45) is 2.65. The molecule has 4 rings (SSSR count). The highest BCUT2D eigenvalue weighted by Crippen LogP contribution is 2.33. The van der Waals surface area contributed by atoms with Crippen LogP contribution >= 0.6 is 0 Å². The number of nitrogens with zero attached hydrogens (tertiary/aromatic N) is 1. The quantitative estimate of drug-likeness (QED) is 0.275. The van der Waals surface area contributed by atoms with Crippen molar-refractivity contribution in [3.63, 3.8) is 0 Å². The van der Waals surface area contributed by atoms with E-state index in [9.17, 15) is 9.59 Å². The van der Waals surface area contributed by atoms with Crippen molar-refractivity contribution in [3.8, 4) is 5.75 Å². The van der Waals surface area contributed by atoms with E-state index in [0.717, 1.165) is 53.7 Å². The smallest absolute Gasteiger partial charge is 0.408 e. The number of nitrogens with two attached hydrogens (primary N) is 1. The lowest BCUT2D eigenvalue weighted by molar-refractivity contribution is 0.0486. The van der Waals surface area contributed by atoms with E-state index in [-0.39, 0.29) is 18.1 Å². The van der Waals surface area contributed by atoms with Crippen molar-refractivity contribution in [1.29, 1.82) is 0 Å². The summed E-state index contributed by atoms with van der Waals surface area (Å²) in [5, 5.41) is 5.84. The fourth-order valence-electron chi connectivity index (χ4n) is 5.30. The molecule has 228 valence electrons. The normalized spacial score (nSPS) is 19.2. The summed E-state index contributed by atoms with van der Waals surface area (Å²) in [5.41, 5.74) is 10.8. The van der Waals surface area contributed by atoms with Crippen molar-refractivity contribution in [1.82, 2.24) is 10.6 Å². The molecule has 1 aliphatic carbocycles. The topological polar surface area (TPSA) is 124 Å². The van der Waals surface area contributed by atoms with Crippen LogP contribution in [0.2, 0.25) is 0 Å². The maximum absolute atomic E-state index is 12.2. The first-order valence-electron chi connectivity index (χ1n) is 14.8. The lowest BCUT2D eigenvalue weighted by Gasteiger charge is -2.31. The largest absolute Gasteiger partial charge is 0.490 e. The molecule has 0 radical (unpaired) electrons. The Morgan fingerprint density at radius 1 is 0.976 bits per heavy atom. The zero-order chi connectivity index (χ0) is 30.7. The molecule has 2 aromatic rings. The van der Waals surface area contributed by atoms with Gasteiger partial charge in [0.05, 0.1) is 12.6 Å². The van der Waals surface area contributed by atoms with Gasteiger partial charge in [-0.25, -0.2) is 9.59 Å². The number of hydrogen-bond donors (Lipinski definition) is 3. The molecule has 9 heteroatoms. The van der Waals surface area contributed by atoms with E-state index < -0.39 is 23.4 Å². The molecule has 2 amide bonds. The number of carbonyl (C=O) groups is 2. The fourth-order valence-corrected chi connectivity index (χ4v) is 5.30. The van der Waals surface area contributed by atoms with Crippen molar-refractivity contribution in [2.24, 2.45) is 16.6 Å². The minimum Gasteiger partial charge on any atom is -0.490 e. The van der Waals surface area contributed by atoms with Gasteiger partial charge in [0.1, 0.15) is 28.9 Å². The van der Waals surface area contributed by atoms with Gasteiger partial charge in [-0.15, -0.1) is 0 Å². The Balaban J connectivity index is 1.31. The standard InChI is InChI=1S/C33H46N4O5/c1-20(18-36-30(38)41-32(2,3)4)27-14-10-23-17-24(11-15-28(23)40-27)29(34)35-19-21-8-12-25-22(16-21)9-13-26(25)37-31(39)42-33(5,6)7/h8,11-12,15-17,20,26-27H,9-10,13-14,18-19H2,1-7H3,(H2,34,35)(H,36,38)(H,37,39). The van der Waals surface area contributed by atoms with Gasteiger partial charge in [-0.1, -0.05) is 25.1 Å². The number of hydrogen-bond acceptors (Lipinski definition) is 6. The number of fused-ring (bicyclic) bond motifs is 2. The van der Waals surface area contributed by atoms with E-state index in [1.165, 1.54) is 5.56 Å². The van der Waals surface area contributed by atoms with E-state index >= 15 is 0 Å². The minimum absolute atomic E-state index is 0.00282. The Labute approximate surface area is 249 Å². The predicted molar refractivity (Wildman–Crippen MR) is 164 cm³/mol. The summed E-state index contributed by atoms with van der Waals surface area (Å²) < 4.78 is 17.0. The van der Waals surface area contributed by atoms with Crippen molar-refractivity contribution < 1.29 is 23.8 Å². The number of aryl methyl sites for hydroxylation is 2. The first-order chi connectivity index (χ1) is 19.7. The molecule has 0 bridgehead atoms. The predicted octanol–water partition coefficient (Wildman–Crippen LogP) is 5.96. The van der Waals surface area contributed by atoms with E-state index in [1.807, 2.05) is 59.7 Å². The lowest BCUT2D eigenvalue weighted by Crippen LogP contribution is -2.40. The van der Waals surface area contributed by atoms with Gasteiger partial charge in [-0.2, -0.15) is 0 Å². The Morgan fingerprint density at radius 3 is 2.38 bits per heavy atom. The van der Waals surface area contributed by atoms with Gasteiger partial charge < -0.3 is 30.6 Å². The number of aliphatic imine (C=N–C) groups is 1. The summed E-state index contributed by atoms with van der Waals surface area (Å²) in [4.78, 5) is 28.9. The monoisotopic (exact) mass is 578 g/mol. The number of amidine groups is 1. The van der Waals surface area contributed by atoms with Crippen molar-refractivity contribution >= 4 is 18.0 Å². The van der Waals surface area contributed by atoms with E-state index in [1.54, 1.807) is 0 Å². The molecule has 0 saturated carbocycles. The minimum atomic E-state index is -0.526. The average molecular weight is 579 g/mol. The molecule has 4 N–H and O–H groups in total. The zero-order valence-corrected chi connectivity index (χ0v) is 26.0. The second kappa shape index (κ2) is 12.6. The van der Waals surface area contributed by atoms with Gasteiger partial charge in [0.25, 0.3) is 0 Å². The van der Waals surface area contributed by atoms with Gasteiger partial charge in [0.2, 0.25) is 0 Å². The molecule has 0 saturated heterocycles. The van der Waals surface area contributed by atoms with Crippen LogP contribution in [0.4, 0.5) is 9.59 Å². The second-order valence-electron chi connectivity index (χ2n) is 13.3. The Hall–Kier alpha value is -3.75. The summed E-state index contributed by atoms with van der Waals surface area (Å²) in [6, 6.07) is 12.2. The van der Waals surface area contributed by atoms with E-state index in [4.69, 9.17) is 19.9 Å². The highest BCUT2D eigenvalue weighted by molar-refractivity contribution is 5.97. The average Bonchev–Trinajstić information content (AvgIpc) is 3.29. The van der Waals surface area contributed by atoms with Crippen LogP contribution in [0.5, 0.6) is 5.75 Å². The number of amides is 2. The Morgan fingerprint density at radius 2 is 1.67 bits per heavy atom. The van der Waals surface area contributed by atoms with Gasteiger partial charge in [0.15, 0.2) is 0 Å². The lowest BCUT2D eigenvalue weighted by atomic mass is 9.93. The van der Waals surface area contributed by atoms with Crippen molar-refractivity contribution in [2.45, 2.75) is 104 Å². The van der Waals surface area contributed by atoms with Crippen LogP contribution in [0.25, 0.3) is 0 Å². The molecule has 0 aromatic heterocycles. The first-order valence-corrected chi connectivity index (χ1v) is 14.8. The van der Waals surface area contributed by atoms with Gasteiger partial charge in [-0.05, 0) is 108 Å². The molecule has 3 unspecified atom stereocenters. The maximum Gasteiger partial charge on any atom is 0.408 e. The molecule has 1 heterocycles. The SMILES string of the molecule is CC(CNC(=O)OC(C)(C)C)C1CCc2cc(C(N)=NCc3ccc4c(c3)CCC4NC(=O)OC(C)(C)C)ccc2O1. The van der Waals surface area contributed by atoms with Crippen molar-refractivity contribution in [3.05, 3.63) is 64.2 Å². The molecular weight excluding hydrogens is 532 g/mol. The highest BCUT2D eigenvalue weighted by Gasteiger charge is 2.28. The molecule has 0 spiro atoms. The fraction of sp³-hybridized carbons (Fsp3) is 0.545. The van der Waals surface area contributed by atoms with Crippen LogP contribution in [0.15, 0.2) is 41.4 Å². The van der Waals surface area contributed by atoms with Crippen LogP contribution < -0.4 is 21.1 Å². The van der Waals surface area contributed by atoms with Crippen LogP contribution in [0.1, 0.15) is 95.2 Å². The third-order valence-corrected chi connectivity index (χ3v) is 7.34. The Kier molecular flexibility index (Phi) is 9.38.